The molecule has 1 heterocycles. The number of methoxy groups -OCH3 is 1. The quantitative estimate of drug-likeness (QED) is 0.202. The number of nitrogens with one attached hydrogen (secondary N) is 1. The number of amides is 1. The molecule has 3 aromatic carbocycles. The first-order valence-corrected chi connectivity index (χ1v) is 11.2. The topological polar surface area (TPSA) is 122 Å². The highest BCUT2D eigenvalue weighted by Gasteiger charge is 2.17. The summed E-state index contributed by atoms with van der Waals surface area (Å²) < 4.78 is 7.13. The molecule has 0 unspecified atom stereocenters. The van der Waals surface area contributed by atoms with E-state index < -0.39 is 0 Å². The normalized spacial score (nSPS) is 11.0. The van der Waals surface area contributed by atoms with Gasteiger partial charge in [-0.05, 0) is 36.4 Å². The Morgan fingerprint density at radius 2 is 1.85 bits per heavy atom. The monoisotopic (exact) mass is 475 g/mol. The predicted molar refractivity (Wildman–Crippen MR) is 130 cm³/mol. The lowest BCUT2D eigenvalue weighted by atomic mass is 10.2. The van der Waals surface area contributed by atoms with Gasteiger partial charge in [0.2, 0.25) is 0 Å². The van der Waals surface area contributed by atoms with Crippen molar-refractivity contribution in [3.8, 4) is 34.3 Å². The van der Waals surface area contributed by atoms with Crippen molar-refractivity contribution in [2.24, 2.45) is 5.10 Å². The van der Waals surface area contributed by atoms with E-state index in [4.69, 9.17) is 4.74 Å². The lowest BCUT2D eigenvalue weighted by molar-refractivity contribution is -0.118. The summed E-state index contributed by atoms with van der Waals surface area (Å²) in [5, 5.41) is 32.2. The van der Waals surface area contributed by atoms with Gasteiger partial charge < -0.3 is 14.9 Å². The van der Waals surface area contributed by atoms with Gasteiger partial charge in [0, 0.05) is 22.9 Å². The zero-order valence-corrected chi connectivity index (χ0v) is 18.9. The number of hydrogen-bond acceptors (Lipinski definition) is 8. The van der Waals surface area contributed by atoms with E-state index >= 15 is 0 Å². The largest absolute Gasteiger partial charge is 0.508 e. The van der Waals surface area contributed by atoms with E-state index in [-0.39, 0.29) is 23.2 Å². The molecule has 0 saturated heterocycles. The Hall–Kier alpha value is -4.31. The first-order valence-electron chi connectivity index (χ1n) is 10.2. The van der Waals surface area contributed by atoms with Crippen LogP contribution >= 0.6 is 11.8 Å². The SMILES string of the molecule is COc1ccc(-n2c(SCC(=O)NN=Cc3ccc(O)cc3O)nnc2-c2ccccc2)cc1. The van der Waals surface area contributed by atoms with Crippen molar-refractivity contribution in [3.05, 3.63) is 78.4 Å². The summed E-state index contributed by atoms with van der Waals surface area (Å²) in [4.78, 5) is 12.3. The zero-order valence-electron chi connectivity index (χ0n) is 18.1. The number of aromatic hydroxyl groups is 2. The summed E-state index contributed by atoms with van der Waals surface area (Å²) >= 11 is 1.22. The standard InChI is InChI=1S/C24H21N5O4S/c1-33-20-11-8-18(9-12-20)29-23(16-5-3-2-4-6-16)27-28-24(29)34-15-22(32)26-25-14-17-7-10-19(30)13-21(17)31/h2-14,30-31H,15H2,1H3,(H,26,32). The highest BCUT2D eigenvalue weighted by molar-refractivity contribution is 7.99. The van der Waals surface area contributed by atoms with Crippen molar-refractivity contribution < 1.29 is 19.7 Å². The van der Waals surface area contributed by atoms with E-state index in [0.717, 1.165) is 17.0 Å². The second kappa shape index (κ2) is 10.5. The van der Waals surface area contributed by atoms with E-state index in [1.54, 1.807) is 7.11 Å². The number of phenolic OH excluding ortho intramolecular Hbond substituents is 2. The number of carbonyl (C=O) groups is 1. The number of hydrogen-bond donors (Lipinski definition) is 3. The Morgan fingerprint density at radius 3 is 2.56 bits per heavy atom. The number of carbonyl (C=O) groups excluding carboxylic acids is 1. The fraction of sp³-hybridized carbons (Fsp3) is 0.0833. The summed E-state index contributed by atoms with van der Waals surface area (Å²) in [5.41, 5.74) is 4.49. The first kappa shape index (κ1) is 22.9. The van der Waals surface area contributed by atoms with Crippen LogP contribution in [0.15, 0.2) is 83.1 Å². The number of nitrogens with zero attached hydrogens (tertiary/aromatic N) is 4. The van der Waals surface area contributed by atoms with Crippen LogP contribution in [0.4, 0.5) is 0 Å². The van der Waals surface area contributed by atoms with Crippen LogP contribution < -0.4 is 10.2 Å². The highest BCUT2D eigenvalue weighted by atomic mass is 32.2. The van der Waals surface area contributed by atoms with Crippen molar-refractivity contribution in [2.45, 2.75) is 5.16 Å². The van der Waals surface area contributed by atoms with Gasteiger partial charge in [-0.15, -0.1) is 10.2 Å². The smallest absolute Gasteiger partial charge is 0.250 e. The van der Waals surface area contributed by atoms with Gasteiger partial charge in [0.25, 0.3) is 5.91 Å². The van der Waals surface area contributed by atoms with Crippen molar-refractivity contribution in [2.75, 3.05) is 12.9 Å². The van der Waals surface area contributed by atoms with Gasteiger partial charge in [-0.25, -0.2) is 5.43 Å². The van der Waals surface area contributed by atoms with Gasteiger partial charge in [0.05, 0.1) is 19.1 Å². The number of rotatable bonds is 8. The van der Waals surface area contributed by atoms with Gasteiger partial charge in [0.15, 0.2) is 11.0 Å². The summed E-state index contributed by atoms with van der Waals surface area (Å²) in [6.07, 6.45) is 1.30. The number of phenols is 2. The molecule has 0 radical (unpaired) electrons. The van der Waals surface area contributed by atoms with E-state index in [1.807, 2.05) is 59.2 Å². The molecular weight excluding hydrogens is 454 g/mol. The maximum Gasteiger partial charge on any atom is 0.250 e. The maximum atomic E-state index is 12.3. The average Bonchev–Trinajstić information content (AvgIpc) is 3.28. The molecular formula is C24H21N5O4S. The molecule has 9 nitrogen and oxygen atoms in total. The van der Waals surface area contributed by atoms with Crippen LogP contribution in [0.1, 0.15) is 5.56 Å². The van der Waals surface area contributed by atoms with Crippen molar-refractivity contribution in [3.63, 3.8) is 0 Å². The van der Waals surface area contributed by atoms with Crippen LogP contribution in [-0.4, -0.2) is 50.0 Å². The first-order chi connectivity index (χ1) is 16.5. The van der Waals surface area contributed by atoms with Gasteiger partial charge in [0.1, 0.15) is 17.2 Å². The molecule has 1 amide bonds. The maximum absolute atomic E-state index is 12.3. The van der Waals surface area contributed by atoms with Gasteiger partial charge in [-0.3, -0.25) is 9.36 Å². The van der Waals surface area contributed by atoms with E-state index in [2.05, 4.69) is 20.7 Å². The molecule has 172 valence electrons. The molecule has 0 fully saturated rings. The lowest BCUT2D eigenvalue weighted by Crippen LogP contribution is -2.20. The Balaban J connectivity index is 1.50. The predicted octanol–water partition coefficient (Wildman–Crippen LogP) is 3.60. The van der Waals surface area contributed by atoms with Crippen LogP contribution in [0.5, 0.6) is 17.2 Å². The summed E-state index contributed by atoms with van der Waals surface area (Å²) in [5.74, 6) is 0.852. The van der Waals surface area contributed by atoms with Crippen LogP contribution in [-0.2, 0) is 4.79 Å². The Morgan fingerprint density at radius 1 is 1.09 bits per heavy atom. The van der Waals surface area contributed by atoms with E-state index in [9.17, 15) is 15.0 Å². The minimum atomic E-state index is -0.356. The molecule has 1 aromatic heterocycles. The molecule has 3 N–H and O–H groups in total. The Kier molecular flexibility index (Phi) is 7.09. The van der Waals surface area contributed by atoms with Gasteiger partial charge >= 0.3 is 0 Å². The van der Waals surface area contributed by atoms with Crippen molar-refractivity contribution >= 4 is 23.9 Å². The molecule has 0 bridgehead atoms. The van der Waals surface area contributed by atoms with Crippen molar-refractivity contribution in [1.82, 2.24) is 20.2 Å². The fourth-order valence-corrected chi connectivity index (χ4v) is 3.82. The molecule has 0 atom stereocenters. The minimum absolute atomic E-state index is 0.0436. The Bertz CT molecular complexity index is 1310. The summed E-state index contributed by atoms with van der Waals surface area (Å²) in [7, 11) is 1.61. The molecule has 0 aliphatic heterocycles. The second-order valence-electron chi connectivity index (χ2n) is 7.03. The molecule has 0 saturated carbocycles. The van der Waals surface area contributed by atoms with Crippen LogP contribution in [0.3, 0.4) is 0 Å². The number of ether oxygens (including phenoxy) is 1. The lowest BCUT2D eigenvalue weighted by Gasteiger charge is -2.11. The van der Waals surface area contributed by atoms with Crippen LogP contribution in [0.2, 0.25) is 0 Å². The van der Waals surface area contributed by atoms with Gasteiger partial charge in [-0.1, -0.05) is 42.1 Å². The number of thioether (sulfide) groups is 1. The summed E-state index contributed by atoms with van der Waals surface area (Å²) in [6, 6.07) is 21.2. The highest BCUT2D eigenvalue weighted by Crippen LogP contribution is 2.28. The fourth-order valence-electron chi connectivity index (χ4n) is 3.08. The molecule has 10 heteroatoms. The van der Waals surface area contributed by atoms with Crippen LogP contribution in [0, 0.1) is 0 Å². The number of hydrazone groups is 1. The molecule has 0 aliphatic rings. The van der Waals surface area contributed by atoms with Crippen LogP contribution in [0.25, 0.3) is 17.1 Å². The van der Waals surface area contributed by atoms with Crippen molar-refractivity contribution in [1.29, 1.82) is 0 Å². The third-order valence-electron chi connectivity index (χ3n) is 4.74. The molecule has 34 heavy (non-hydrogen) atoms. The third kappa shape index (κ3) is 5.36. The van der Waals surface area contributed by atoms with E-state index in [0.29, 0.717) is 16.5 Å². The Labute approximate surface area is 199 Å². The van der Waals surface area contributed by atoms with E-state index in [1.165, 1.54) is 36.2 Å². The number of benzene rings is 3. The number of aromatic nitrogens is 3. The molecule has 0 aliphatic carbocycles. The average molecular weight is 476 g/mol. The molecule has 0 spiro atoms. The van der Waals surface area contributed by atoms with Gasteiger partial charge in [-0.2, -0.15) is 5.10 Å². The minimum Gasteiger partial charge on any atom is -0.508 e. The third-order valence-corrected chi connectivity index (χ3v) is 5.66. The molecule has 4 aromatic rings. The zero-order chi connectivity index (χ0) is 23.9. The molecule has 4 rings (SSSR count). The second-order valence-corrected chi connectivity index (χ2v) is 7.97. The summed E-state index contributed by atoms with van der Waals surface area (Å²) in [6.45, 7) is 0.